The molecule has 3 aromatic carbocycles. The Balaban J connectivity index is 1.63. The summed E-state index contributed by atoms with van der Waals surface area (Å²) in [5.41, 5.74) is 1.96. The maximum Gasteiger partial charge on any atom is 0.261 e. The number of nitrogens with one attached hydrogen (secondary N) is 3. The molecule has 0 saturated heterocycles. The summed E-state index contributed by atoms with van der Waals surface area (Å²) in [7, 11) is -2.15. The number of ether oxygens (including phenoxy) is 1. The van der Waals surface area contributed by atoms with Crippen LogP contribution in [0.2, 0.25) is 0 Å². The van der Waals surface area contributed by atoms with E-state index in [2.05, 4.69) is 31.3 Å². The molecule has 0 aliphatic carbocycles. The lowest BCUT2D eigenvalue weighted by Gasteiger charge is -2.12. The molecule has 3 rings (SSSR count). The highest BCUT2D eigenvalue weighted by molar-refractivity contribution is 9.10. The smallest absolute Gasteiger partial charge is 0.261 e. The molecule has 0 amide bonds. The summed E-state index contributed by atoms with van der Waals surface area (Å²) in [5.74, 6) is 0.649. The fourth-order valence-corrected chi connectivity index (χ4v) is 3.98. The summed E-state index contributed by atoms with van der Waals surface area (Å²) in [6.45, 7) is 0. The van der Waals surface area contributed by atoms with Gasteiger partial charge in [-0.1, -0.05) is 15.9 Å². The molecular weight excluding hydrogens is 474 g/mol. The predicted molar refractivity (Wildman–Crippen MR) is 124 cm³/mol. The van der Waals surface area contributed by atoms with Gasteiger partial charge in [0, 0.05) is 21.5 Å². The Labute approximate surface area is 183 Å². The molecule has 0 bridgehead atoms. The summed E-state index contributed by atoms with van der Waals surface area (Å²) in [6, 6.07) is 20.5. The first-order valence-corrected chi connectivity index (χ1v) is 11.1. The number of anilines is 3. The van der Waals surface area contributed by atoms with Crippen molar-refractivity contribution in [3.05, 3.63) is 77.3 Å². The SMILES string of the molecule is COc1ccc(NS(=O)(=O)c2ccc(NC(=S)Nc3ccc(Br)cc3)cc2)cc1. The summed E-state index contributed by atoms with van der Waals surface area (Å²) < 4.78 is 33.7. The Bertz CT molecular complexity index is 1090. The van der Waals surface area contributed by atoms with Crippen LogP contribution in [0.1, 0.15) is 0 Å². The third-order valence-corrected chi connectivity index (χ3v) is 6.00. The largest absolute Gasteiger partial charge is 0.497 e. The molecule has 0 aliphatic rings. The lowest BCUT2D eigenvalue weighted by Crippen LogP contribution is -2.19. The van der Waals surface area contributed by atoms with Gasteiger partial charge in [0.1, 0.15) is 5.75 Å². The minimum absolute atomic E-state index is 0.144. The quantitative estimate of drug-likeness (QED) is 0.417. The normalized spacial score (nSPS) is 10.8. The minimum Gasteiger partial charge on any atom is -0.497 e. The zero-order chi connectivity index (χ0) is 20.9. The molecule has 0 atom stereocenters. The molecule has 0 saturated carbocycles. The first kappa shape index (κ1) is 21.1. The molecular formula is C20H18BrN3O3S2. The summed E-state index contributed by atoms with van der Waals surface area (Å²) in [4.78, 5) is 0.144. The fourth-order valence-electron chi connectivity index (χ4n) is 2.42. The molecule has 3 aromatic rings. The van der Waals surface area contributed by atoms with Crippen LogP contribution in [0.3, 0.4) is 0 Å². The number of halogens is 1. The third kappa shape index (κ3) is 5.93. The Morgan fingerprint density at radius 3 is 1.83 bits per heavy atom. The molecule has 0 radical (unpaired) electrons. The fraction of sp³-hybridized carbons (Fsp3) is 0.0500. The van der Waals surface area contributed by atoms with Crippen LogP contribution >= 0.6 is 28.1 Å². The standard InChI is InChI=1S/C20H18BrN3O3S2/c1-27-18-10-6-17(7-11-18)24-29(25,26)19-12-8-16(9-13-19)23-20(28)22-15-4-2-14(21)3-5-15/h2-13,24H,1H3,(H2,22,23,28). The van der Waals surface area contributed by atoms with E-state index in [9.17, 15) is 8.42 Å². The van der Waals surface area contributed by atoms with E-state index in [-0.39, 0.29) is 4.90 Å². The number of hydrogen-bond donors (Lipinski definition) is 3. The second-order valence-corrected chi connectivity index (χ2v) is 8.95. The Morgan fingerprint density at radius 2 is 1.31 bits per heavy atom. The minimum atomic E-state index is -3.70. The van der Waals surface area contributed by atoms with Gasteiger partial charge in [-0.3, -0.25) is 4.72 Å². The van der Waals surface area contributed by atoms with E-state index < -0.39 is 10.0 Å². The first-order valence-electron chi connectivity index (χ1n) is 8.46. The van der Waals surface area contributed by atoms with Crippen LogP contribution in [0.4, 0.5) is 17.1 Å². The second kappa shape index (κ2) is 9.25. The average molecular weight is 492 g/mol. The van der Waals surface area contributed by atoms with Gasteiger partial charge >= 0.3 is 0 Å². The lowest BCUT2D eigenvalue weighted by atomic mass is 10.3. The van der Waals surface area contributed by atoms with Crippen molar-refractivity contribution in [2.45, 2.75) is 4.90 Å². The second-order valence-electron chi connectivity index (χ2n) is 5.94. The highest BCUT2D eigenvalue weighted by Gasteiger charge is 2.14. The highest BCUT2D eigenvalue weighted by atomic mass is 79.9. The van der Waals surface area contributed by atoms with Gasteiger partial charge in [-0.05, 0) is 85.0 Å². The maximum absolute atomic E-state index is 12.6. The van der Waals surface area contributed by atoms with Gasteiger partial charge in [0.05, 0.1) is 12.0 Å². The molecule has 29 heavy (non-hydrogen) atoms. The van der Waals surface area contributed by atoms with Gasteiger partial charge in [-0.25, -0.2) is 8.42 Å². The first-order chi connectivity index (χ1) is 13.9. The number of rotatable bonds is 6. The van der Waals surface area contributed by atoms with Gasteiger partial charge < -0.3 is 15.4 Å². The molecule has 0 aliphatic heterocycles. The number of thiocarbonyl (C=S) groups is 1. The zero-order valence-electron chi connectivity index (χ0n) is 15.3. The van der Waals surface area contributed by atoms with Crippen molar-refractivity contribution < 1.29 is 13.2 Å². The van der Waals surface area contributed by atoms with E-state index in [4.69, 9.17) is 17.0 Å². The molecule has 6 nitrogen and oxygen atoms in total. The summed E-state index contributed by atoms with van der Waals surface area (Å²) in [6.07, 6.45) is 0. The van der Waals surface area contributed by atoms with Crippen LogP contribution in [0, 0.1) is 0 Å². The number of hydrogen-bond acceptors (Lipinski definition) is 4. The van der Waals surface area contributed by atoms with E-state index in [1.54, 1.807) is 43.5 Å². The highest BCUT2D eigenvalue weighted by Crippen LogP contribution is 2.21. The van der Waals surface area contributed by atoms with Crippen molar-refractivity contribution in [1.82, 2.24) is 0 Å². The van der Waals surface area contributed by atoms with Crippen molar-refractivity contribution in [2.75, 3.05) is 22.5 Å². The average Bonchev–Trinajstić information content (AvgIpc) is 2.70. The Hall–Kier alpha value is -2.62. The molecule has 0 fully saturated rings. The maximum atomic E-state index is 12.6. The van der Waals surface area contributed by atoms with Crippen molar-refractivity contribution >= 4 is 60.3 Å². The van der Waals surface area contributed by atoms with Gasteiger partial charge in [-0.15, -0.1) is 0 Å². The van der Waals surface area contributed by atoms with Crippen LogP contribution in [-0.2, 0) is 10.0 Å². The molecule has 0 aromatic heterocycles. The molecule has 3 N–H and O–H groups in total. The lowest BCUT2D eigenvalue weighted by molar-refractivity contribution is 0.415. The van der Waals surface area contributed by atoms with E-state index in [1.807, 2.05) is 24.3 Å². The Morgan fingerprint density at radius 1 is 0.828 bits per heavy atom. The van der Waals surface area contributed by atoms with Crippen LogP contribution in [0.5, 0.6) is 5.75 Å². The molecule has 0 heterocycles. The molecule has 150 valence electrons. The van der Waals surface area contributed by atoms with Crippen LogP contribution in [0.25, 0.3) is 0 Å². The molecule has 0 unspecified atom stereocenters. The zero-order valence-corrected chi connectivity index (χ0v) is 18.6. The summed E-state index contributed by atoms with van der Waals surface area (Å²) in [5, 5.41) is 6.49. The van der Waals surface area contributed by atoms with E-state index >= 15 is 0 Å². The number of methoxy groups -OCH3 is 1. The Kier molecular flexibility index (Phi) is 6.73. The summed E-state index contributed by atoms with van der Waals surface area (Å²) >= 11 is 8.67. The number of benzene rings is 3. The van der Waals surface area contributed by atoms with Gasteiger partial charge in [0.25, 0.3) is 10.0 Å². The third-order valence-electron chi connectivity index (χ3n) is 3.87. The van der Waals surface area contributed by atoms with Gasteiger partial charge in [0.15, 0.2) is 5.11 Å². The van der Waals surface area contributed by atoms with Crippen molar-refractivity contribution in [1.29, 1.82) is 0 Å². The van der Waals surface area contributed by atoms with Gasteiger partial charge in [-0.2, -0.15) is 0 Å². The number of sulfonamides is 1. The predicted octanol–water partition coefficient (Wildman–Crippen LogP) is 5.07. The van der Waals surface area contributed by atoms with E-state index in [1.165, 1.54) is 12.1 Å². The van der Waals surface area contributed by atoms with Crippen molar-refractivity contribution in [2.24, 2.45) is 0 Å². The topological polar surface area (TPSA) is 79.5 Å². The van der Waals surface area contributed by atoms with Gasteiger partial charge in [0.2, 0.25) is 0 Å². The van der Waals surface area contributed by atoms with Crippen molar-refractivity contribution in [3.8, 4) is 5.75 Å². The molecule has 0 spiro atoms. The van der Waals surface area contributed by atoms with Crippen molar-refractivity contribution in [3.63, 3.8) is 0 Å². The van der Waals surface area contributed by atoms with Crippen LogP contribution in [0.15, 0.2) is 82.2 Å². The monoisotopic (exact) mass is 491 g/mol. The van der Waals surface area contributed by atoms with Crippen LogP contribution < -0.4 is 20.1 Å². The van der Waals surface area contributed by atoms with Crippen LogP contribution in [-0.4, -0.2) is 20.6 Å². The van der Waals surface area contributed by atoms with E-state index in [0.717, 1.165) is 10.2 Å². The molecule has 9 heteroatoms. The van der Waals surface area contributed by atoms with E-state index in [0.29, 0.717) is 22.2 Å².